The largest absolute Gasteiger partial charge is 0.494 e. The summed E-state index contributed by atoms with van der Waals surface area (Å²) in [6, 6.07) is 7.19. The predicted molar refractivity (Wildman–Crippen MR) is 77.9 cm³/mol. The number of rotatable bonds is 5. The van der Waals surface area contributed by atoms with Crippen LogP contribution in [-0.2, 0) is 6.54 Å². The fraction of sp³-hybridized carbons (Fsp3) is 0.286. The maximum absolute atomic E-state index is 12.1. The average Bonchev–Trinajstić information content (AvgIpc) is 2.81. The fourth-order valence-corrected chi connectivity index (χ4v) is 1.80. The Balaban J connectivity index is 2.14. The SMILES string of the molecule is CCOc1cccc(NC(=O)c2nn(CC)cc2N)c1. The van der Waals surface area contributed by atoms with Crippen molar-refractivity contribution in [3.8, 4) is 5.75 Å². The standard InChI is InChI=1S/C14H18N4O2/c1-3-18-9-12(15)13(17-18)14(19)16-10-6-5-7-11(8-10)20-4-2/h5-9H,3-4,15H2,1-2H3,(H,16,19). The zero-order valence-corrected chi connectivity index (χ0v) is 11.6. The van der Waals surface area contributed by atoms with Crippen molar-refractivity contribution in [1.82, 2.24) is 9.78 Å². The van der Waals surface area contributed by atoms with E-state index < -0.39 is 0 Å². The van der Waals surface area contributed by atoms with E-state index in [0.29, 0.717) is 30.3 Å². The van der Waals surface area contributed by atoms with Gasteiger partial charge in [0.15, 0.2) is 5.69 Å². The second-order valence-corrected chi connectivity index (χ2v) is 4.20. The number of nitrogens with two attached hydrogens (primary N) is 1. The quantitative estimate of drug-likeness (QED) is 0.875. The van der Waals surface area contributed by atoms with Crippen LogP contribution in [0.4, 0.5) is 11.4 Å². The van der Waals surface area contributed by atoms with Gasteiger partial charge in [-0.25, -0.2) is 0 Å². The van der Waals surface area contributed by atoms with E-state index in [-0.39, 0.29) is 11.6 Å². The molecule has 3 N–H and O–H groups in total. The maximum Gasteiger partial charge on any atom is 0.278 e. The van der Waals surface area contributed by atoms with Crippen LogP contribution in [0.5, 0.6) is 5.75 Å². The molecule has 0 aliphatic rings. The third kappa shape index (κ3) is 3.09. The highest BCUT2D eigenvalue weighted by Crippen LogP contribution is 2.19. The minimum absolute atomic E-state index is 0.230. The summed E-state index contributed by atoms with van der Waals surface area (Å²) < 4.78 is 7.01. The normalized spacial score (nSPS) is 10.3. The molecular formula is C14H18N4O2. The van der Waals surface area contributed by atoms with Crippen LogP contribution in [0.1, 0.15) is 24.3 Å². The summed E-state index contributed by atoms with van der Waals surface area (Å²) >= 11 is 0. The van der Waals surface area contributed by atoms with E-state index in [1.54, 1.807) is 23.0 Å². The molecule has 106 valence electrons. The van der Waals surface area contributed by atoms with Crippen molar-refractivity contribution in [1.29, 1.82) is 0 Å². The first-order valence-electron chi connectivity index (χ1n) is 6.51. The molecule has 0 fully saturated rings. The number of nitrogen functional groups attached to an aromatic ring is 1. The van der Waals surface area contributed by atoms with Crippen LogP contribution in [0.3, 0.4) is 0 Å². The molecule has 0 atom stereocenters. The van der Waals surface area contributed by atoms with Crippen LogP contribution in [-0.4, -0.2) is 22.3 Å². The number of carbonyl (C=O) groups is 1. The van der Waals surface area contributed by atoms with Gasteiger partial charge < -0.3 is 15.8 Å². The summed E-state index contributed by atoms with van der Waals surface area (Å²) in [7, 11) is 0. The van der Waals surface area contributed by atoms with E-state index in [0.717, 1.165) is 0 Å². The number of carbonyl (C=O) groups excluding carboxylic acids is 1. The van der Waals surface area contributed by atoms with E-state index in [2.05, 4.69) is 10.4 Å². The van der Waals surface area contributed by atoms with Gasteiger partial charge in [0.1, 0.15) is 5.75 Å². The maximum atomic E-state index is 12.1. The minimum Gasteiger partial charge on any atom is -0.494 e. The van der Waals surface area contributed by atoms with Gasteiger partial charge in [-0.15, -0.1) is 0 Å². The lowest BCUT2D eigenvalue weighted by Gasteiger charge is -2.07. The van der Waals surface area contributed by atoms with E-state index in [1.807, 2.05) is 26.0 Å². The summed E-state index contributed by atoms with van der Waals surface area (Å²) in [6.07, 6.45) is 1.64. The Morgan fingerprint density at radius 1 is 1.45 bits per heavy atom. The molecule has 2 aromatic rings. The van der Waals surface area contributed by atoms with Gasteiger partial charge in [0.25, 0.3) is 5.91 Å². The lowest BCUT2D eigenvalue weighted by molar-refractivity contribution is 0.102. The Hall–Kier alpha value is -2.50. The van der Waals surface area contributed by atoms with Crippen LogP contribution in [0.25, 0.3) is 0 Å². The molecule has 1 amide bonds. The third-order valence-electron chi connectivity index (χ3n) is 2.73. The first-order valence-corrected chi connectivity index (χ1v) is 6.51. The van der Waals surface area contributed by atoms with Gasteiger partial charge in [0.05, 0.1) is 12.3 Å². The molecule has 0 saturated carbocycles. The van der Waals surface area contributed by atoms with E-state index in [9.17, 15) is 4.79 Å². The van der Waals surface area contributed by atoms with Gasteiger partial charge >= 0.3 is 0 Å². The van der Waals surface area contributed by atoms with E-state index >= 15 is 0 Å². The molecule has 6 nitrogen and oxygen atoms in total. The van der Waals surface area contributed by atoms with Gasteiger partial charge in [0, 0.05) is 24.5 Å². The highest BCUT2D eigenvalue weighted by molar-refractivity contribution is 6.06. The number of hydrogen-bond donors (Lipinski definition) is 2. The van der Waals surface area contributed by atoms with Crippen LogP contribution in [0.2, 0.25) is 0 Å². The molecular weight excluding hydrogens is 256 g/mol. The number of amides is 1. The minimum atomic E-state index is -0.330. The first kappa shape index (κ1) is 13.9. The molecule has 0 bridgehead atoms. The van der Waals surface area contributed by atoms with Crippen LogP contribution in [0.15, 0.2) is 30.5 Å². The average molecular weight is 274 g/mol. The third-order valence-corrected chi connectivity index (χ3v) is 2.73. The van der Waals surface area contributed by atoms with Crippen molar-refractivity contribution in [3.05, 3.63) is 36.2 Å². The zero-order chi connectivity index (χ0) is 14.5. The van der Waals surface area contributed by atoms with Crippen LogP contribution < -0.4 is 15.8 Å². The predicted octanol–water partition coefficient (Wildman–Crippen LogP) is 2.14. The van der Waals surface area contributed by atoms with Gasteiger partial charge in [0.2, 0.25) is 0 Å². The molecule has 20 heavy (non-hydrogen) atoms. The van der Waals surface area contributed by atoms with E-state index in [4.69, 9.17) is 10.5 Å². The van der Waals surface area contributed by atoms with Gasteiger partial charge in [-0.2, -0.15) is 5.10 Å². The van der Waals surface area contributed by atoms with Crippen molar-refractivity contribution in [2.75, 3.05) is 17.7 Å². The molecule has 6 heteroatoms. The van der Waals surface area contributed by atoms with Crippen molar-refractivity contribution in [2.45, 2.75) is 20.4 Å². The Labute approximate surface area is 117 Å². The molecule has 1 aromatic carbocycles. The molecule has 0 spiro atoms. The monoisotopic (exact) mass is 274 g/mol. The molecule has 0 aliphatic carbocycles. The Kier molecular flexibility index (Phi) is 4.24. The Morgan fingerprint density at radius 2 is 2.25 bits per heavy atom. The number of aryl methyl sites for hydroxylation is 1. The zero-order valence-electron chi connectivity index (χ0n) is 11.6. The fourth-order valence-electron chi connectivity index (χ4n) is 1.80. The summed E-state index contributed by atoms with van der Waals surface area (Å²) in [5.41, 5.74) is 7.02. The molecule has 0 saturated heterocycles. The Bertz CT molecular complexity index is 607. The van der Waals surface area contributed by atoms with Crippen molar-refractivity contribution in [2.24, 2.45) is 0 Å². The summed E-state index contributed by atoms with van der Waals surface area (Å²) in [4.78, 5) is 12.1. The smallest absolute Gasteiger partial charge is 0.278 e. The molecule has 2 rings (SSSR count). The number of nitrogens with one attached hydrogen (secondary N) is 1. The second-order valence-electron chi connectivity index (χ2n) is 4.20. The summed E-state index contributed by atoms with van der Waals surface area (Å²) in [6.45, 7) is 5.07. The highest BCUT2D eigenvalue weighted by Gasteiger charge is 2.14. The number of ether oxygens (including phenoxy) is 1. The van der Waals surface area contributed by atoms with Crippen molar-refractivity contribution < 1.29 is 9.53 Å². The molecule has 1 aromatic heterocycles. The van der Waals surface area contributed by atoms with Gasteiger partial charge in [-0.05, 0) is 26.0 Å². The topological polar surface area (TPSA) is 82.2 Å². The number of anilines is 2. The van der Waals surface area contributed by atoms with Crippen LogP contribution in [0, 0.1) is 0 Å². The summed E-state index contributed by atoms with van der Waals surface area (Å²) in [5.74, 6) is 0.376. The van der Waals surface area contributed by atoms with E-state index in [1.165, 1.54) is 0 Å². The highest BCUT2D eigenvalue weighted by atomic mass is 16.5. The molecule has 0 unspecified atom stereocenters. The number of hydrogen-bond acceptors (Lipinski definition) is 4. The lowest BCUT2D eigenvalue weighted by Crippen LogP contribution is -2.14. The molecule has 1 heterocycles. The second kappa shape index (κ2) is 6.10. The molecule has 0 radical (unpaired) electrons. The number of aromatic nitrogens is 2. The lowest BCUT2D eigenvalue weighted by atomic mass is 10.3. The van der Waals surface area contributed by atoms with Crippen molar-refractivity contribution >= 4 is 17.3 Å². The number of nitrogens with zero attached hydrogens (tertiary/aromatic N) is 2. The van der Waals surface area contributed by atoms with Crippen LogP contribution >= 0.6 is 0 Å². The van der Waals surface area contributed by atoms with Gasteiger partial charge in [-0.3, -0.25) is 9.48 Å². The first-order chi connectivity index (χ1) is 9.63. The number of benzene rings is 1. The van der Waals surface area contributed by atoms with Crippen molar-refractivity contribution in [3.63, 3.8) is 0 Å². The van der Waals surface area contributed by atoms with Gasteiger partial charge in [-0.1, -0.05) is 6.07 Å². The molecule has 0 aliphatic heterocycles. The summed E-state index contributed by atoms with van der Waals surface area (Å²) in [5, 5.41) is 6.89. The Morgan fingerprint density at radius 3 is 2.90 bits per heavy atom.